The number of rotatable bonds is 14. The average Bonchev–Trinajstić information content (AvgIpc) is 3.21. The van der Waals surface area contributed by atoms with Gasteiger partial charge in [-0.1, -0.05) is 0 Å². The molecule has 5 rings (SSSR count). The van der Waals surface area contributed by atoms with E-state index in [9.17, 15) is 91.3 Å². The lowest BCUT2D eigenvalue weighted by Gasteiger charge is -2.48. The maximum Gasteiger partial charge on any atom is 0.335 e. The van der Waals surface area contributed by atoms with Gasteiger partial charge in [0, 0.05) is 6.92 Å². The van der Waals surface area contributed by atoms with Crippen LogP contribution in [-0.2, 0) is 52.2 Å². The zero-order valence-electron chi connectivity index (χ0n) is 31.4. The number of carboxylic acids is 1. The van der Waals surface area contributed by atoms with E-state index in [1.165, 1.54) is 0 Å². The summed E-state index contributed by atoms with van der Waals surface area (Å²) in [6.45, 7) is -2.53. The maximum atomic E-state index is 12.4. The Balaban J connectivity index is 1.31. The highest BCUT2D eigenvalue weighted by atomic mass is 16.8. The van der Waals surface area contributed by atoms with Crippen LogP contribution in [0.3, 0.4) is 0 Å². The van der Waals surface area contributed by atoms with Crippen LogP contribution in [0.1, 0.15) is 6.92 Å². The van der Waals surface area contributed by atoms with Crippen LogP contribution in [0.2, 0.25) is 0 Å². The summed E-state index contributed by atoms with van der Waals surface area (Å²) in [6, 6.07) is -1.68. The molecule has 17 N–H and O–H groups in total. The van der Waals surface area contributed by atoms with Gasteiger partial charge in [0.2, 0.25) is 5.91 Å². The number of aliphatic hydroxyl groups is 15. The number of carboxylic acid groups (broad SMARTS) is 1. The third-order valence-electron chi connectivity index (χ3n) is 10.7. The topological polar surface area (TPSA) is 453 Å². The summed E-state index contributed by atoms with van der Waals surface area (Å²) >= 11 is 0. The number of aliphatic carboxylic acids is 1. The van der Waals surface area contributed by atoms with Crippen molar-refractivity contribution in [2.75, 3.05) is 26.4 Å². The first-order chi connectivity index (χ1) is 28.2. The monoisotopic (exact) mass is 883 g/mol. The fourth-order valence-corrected chi connectivity index (χ4v) is 7.30. The predicted octanol–water partition coefficient (Wildman–Crippen LogP) is -11.7. The summed E-state index contributed by atoms with van der Waals surface area (Å²) in [4.78, 5) is 24.3. The van der Waals surface area contributed by atoms with Gasteiger partial charge < -0.3 is 130 Å². The van der Waals surface area contributed by atoms with Crippen LogP contribution in [0.15, 0.2) is 0 Å². The molecule has 0 saturated carbocycles. The maximum absolute atomic E-state index is 12.4. The van der Waals surface area contributed by atoms with Crippen LogP contribution in [-0.4, -0.2) is 273 Å². The molecule has 5 aliphatic rings. The van der Waals surface area contributed by atoms with Gasteiger partial charge in [-0.3, -0.25) is 4.79 Å². The first-order valence-electron chi connectivity index (χ1n) is 18.6. The van der Waals surface area contributed by atoms with Crippen molar-refractivity contribution in [2.45, 2.75) is 160 Å². The highest BCUT2D eigenvalue weighted by Gasteiger charge is 2.56. The van der Waals surface area contributed by atoms with Gasteiger partial charge in [-0.25, -0.2) is 4.79 Å². The van der Waals surface area contributed by atoms with Crippen molar-refractivity contribution in [3.63, 3.8) is 0 Å². The predicted molar refractivity (Wildman–Crippen MR) is 179 cm³/mol. The molecule has 60 heavy (non-hydrogen) atoms. The number of hydrogen-bond donors (Lipinski definition) is 17. The standard InChI is InChI=1S/C32H53NO27/c1-6(37)33-11-14(40)24(58-32-22(48)18(44)25(26(60-32)27(49)50)59-31-20(46)16(42)13(39)8(3-35)55-31)10(53-28(11)51)5-52-29-21(47)17(43)23(9(4-36)56-29)57-30-19(45)15(41)12(38)7(2-34)54-30/h7-26,28-32,34-36,38-48,51H,2-5H2,1H3,(H,33,37)(H,49,50)/t7-,8-,9-,10-,11-,12-,13-,14-,15+,16+,17-,18-,19-,20-,21-,22-,23-,24-,25+,26+,28-,29-,30+,31+,32-/m1/s1. The SMILES string of the molecule is CC(=O)N[C@@H]1[C@@H](O)[C@H](O[C@@H]2O[C@H](C(=O)O)[C@@H](O[C@@H]3O[C@H](CO)[C@@H](O)[C@H](O)[C@H]3O)[C@H](O)[C@H]2O)[C@@H](CO[C@@H]2O[C@H](CO)[C@@H](O[C@@H]3O[C@H](CO)[C@@H](O)[C@H](O)[C@H]3O)[C@H](O)[C@H]2O)O[C@H]1O. The van der Waals surface area contributed by atoms with Gasteiger partial charge in [0.05, 0.1) is 26.4 Å². The summed E-state index contributed by atoms with van der Waals surface area (Å²) in [5, 5.41) is 168. The largest absolute Gasteiger partial charge is 0.479 e. The van der Waals surface area contributed by atoms with E-state index < -0.39 is 192 Å². The number of carbonyl (C=O) groups excluding carboxylic acids is 1. The van der Waals surface area contributed by atoms with Crippen molar-refractivity contribution in [2.24, 2.45) is 0 Å². The van der Waals surface area contributed by atoms with Crippen LogP contribution in [0.5, 0.6) is 0 Å². The van der Waals surface area contributed by atoms with Crippen molar-refractivity contribution in [1.29, 1.82) is 0 Å². The minimum Gasteiger partial charge on any atom is -0.479 e. The fraction of sp³-hybridized carbons (Fsp3) is 0.938. The first kappa shape index (κ1) is 49.0. The molecule has 28 heteroatoms. The molecule has 0 aromatic heterocycles. The van der Waals surface area contributed by atoms with E-state index in [-0.39, 0.29) is 0 Å². The minimum atomic E-state index is -2.29. The molecule has 0 unspecified atom stereocenters. The van der Waals surface area contributed by atoms with Gasteiger partial charge in [-0.2, -0.15) is 0 Å². The average molecular weight is 884 g/mol. The molecule has 0 aromatic rings. The number of aliphatic hydroxyl groups excluding tert-OH is 15. The molecule has 1 amide bonds. The lowest BCUT2D eigenvalue weighted by Crippen LogP contribution is -2.68. The smallest absolute Gasteiger partial charge is 0.335 e. The van der Waals surface area contributed by atoms with Crippen LogP contribution < -0.4 is 5.32 Å². The Morgan fingerprint density at radius 2 is 0.900 bits per heavy atom. The molecule has 5 saturated heterocycles. The molecule has 5 heterocycles. The van der Waals surface area contributed by atoms with E-state index in [4.69, 9.17) is 42.6 Å². The normalized spacial score (nSPS) is 50.2. The second-order valence-corrected chi connectivity index (χ2v) is 14.8. The number of nitrogens with one attached hydrogen (secondary N) is 1. The molecule has 5 fully saturated rings. The van der Waals surface area contributed by atoms with Gasteiger partial charge in [0.25, 0.3) is 0 Å². The van der Waals surface area contributed by atoms with E-state index in [0.717, 1.165) is 6.92 Å². The molecular formula is C32H53NO27. The number of ether oxygens (including phenoxy) is 9. The molecule has 0 bridgehead atoms. The highest BCUT2D eigenvalue weighted by Crippen LogP contribution is 2.34. The van der Waals surface area contributed by atoms with Gasteiger partial charge in [-0.05, 0) is 0 Å². The van der Waals surface area contributed by atoms with Crippen molar-refractivity contribution < 1.29 is 134 Å². The van der Waals surface area contributed by atoms with Crippen LogP contribution in [0.4, 0.5) is 0 Å². The zero-order valence-corrected chi connectivity index (χ0v) is 31.4. The van der Waals surface area contributed by atoms with Crippen molar-refractivity contribution in [3.05, 3.63) is 0 Å². The molecule has 348 valence electrons. The van der Waals surface area contributed by atoms with E-state index in [1.54, 1.807) is 0 Å². The van der Waals surface area contributed by atoms with Gasteiger partial charge in [0.1, 0.15) is 116 Å². The Kier molecular flexibility index (Phi) is 16.9. The third-order valence-corrected chi connectivity index (χ3v) is 10.7. The molecule has 25 atom stereocenters. The summed E-state index contributed by atoms with van der Waals surface area (Å²) in [5.41, 5.74) is 0. The summed E-state index contributed by atoms with van der Waals surface area (Å²) in [5.74, 6) is -2.65. The third kappa shape index (κ3) is 10.2. The second-order valence-electron chi connectivity index (χ2n) is 14.8. The molecular weight excluding hydrogens is 830 g/mol. The van der Waals surface area contributed by atoms with E-state index >= 15 is 0 Å². The van der Waals surface area contributed by atoms with E-state index in [1.807, 2.05) is 0 Å². The van der Waals surface area contributed by atoms with Gasteiger partial charge in [0.15, 0.2) is 37.6 Å². The molecule has 0 aromatic carbocycles. The number of amides is 1. The zero-order chi connectivity index (χ0) is 44.5. The van der Waals surface area contributed by atoms with E-state index in [2.05, 4.69) is 5.32 Å². The Morgan fingerprint density at radius 3 is 1.38 bits per heavy atom. The van der Waals surface area contributed by atoms with Crippen molar-refractivity contribution in [3.8, 4) is 0 Å². The minimum absolute atomic E-state index is 0.790. The lowest BCUT2D eigenvalue weighted by atomic mass is 9.95. The fourth-order valence-electron chi connectivity index (χ4n) is 7.30. The van der Waals surface area contributed by atoms with E-state index in [0.29, 0.717) is 0 Å². The summed E-state index contributed by atoms with van der Waals surface area (Å²) < 4.78 is 49.1. The van der Waals surface area contributed by atoms with Crippen molar-refractivity contribution in [1.82, 2.24) is 5.32 Å². The van der Waals surface area contributed by atoms with Crippen molar-refractivity contribution >= 4 is 11.9 Å². The van der Waals surface area contributed by atoms with Crippen LogP contribution >= 0.6 is 0 Å². The quantitative estimate of drug-likeness (QED) is 0.0770. The lowest BCUT2D eigenvalue weighted by molar-refractivity contribution is -0.374. The van der Waals surface area contributed by atoms with Gasteiger partial charge >= 0.3 is 5.97 Å². The summed E-state index contributed by atoms with van der Waals surface area (Å²) in [7, 11) is 0. The number of hydrogen-bond acceptors (Lipinski definition) is 26. The summed E-state index contributed by atoms with van der Waals surface area (Å²) in [6.07, 6.45) is -46.4. The Labute approximate surface area is 338 Å². The molecule has 0 spiro atoms. The Morgan fingerprint density at radius 1 is 0.483 bits per heavy atom. The number of carbonyl (C=O) groups is 2. The molecule has 0 aliphatic carbocycles. The molecule has 5 aliphatic heterocycles. The molecule has 0 radical (unpaired) electrons. The first-order valence-corrected chi connectivity index (χ1v) is 18.6. The van der Waals surface area contributed by atoms with Gasteiger partial charge in [-0.15, -0.1) is 0 Å². The second kappa shape index (κ2) is 20.7. The highest BCUT2D eigenvalue weighted by molar-refractivity contribution is 5.73. The Bertz CT molecular complexity index is 1400. The Hall–Kier alpha value is -2.02. The van der Waals surface area contributed by atoms with Crippen LogP contribution in [0.25, 0.3) is 0 Å². The molecule has 28 nitrogen and oxygen atoms in total. The van der Waals surface area contributed by atoms with Crippen LogP contribution in [0, 0.1) is 0 Å².